The number of aromatic nitrogens is 4. The van der Waals surface area contributed by atoms with Gasteiger partial charge < -0.3 is 19.5 Å². The topological polar surface area (TPSA) is 85.2 Å². The van der Waals surface area contributed by atoms with Gasteiger partial charge in [0.2, 0.25) is 5.88 Å². The number of piperidine rings is 1. The molecule has 0 unspecified atom stereocenters. The van der Waals surface area contributed by atoms with Gasteiger partial charge in [-0.1, -0.05) is 0 Å². The molecule has 1 saturated heterocycles. The van der Waals surface area contributed by atoms with Gasteiger partial charge in [-0.25, -0.2) is 9.78 Å². The third kappa shape index (κ3) is 3.47. The van der Waals surface area contributed by atoms with Crippen LogP contribution in [0, 0.1) is 0 Å². The van der Waals surface area contributed by atoms with Gasteiger partial charge in [0.1, 0.15) is 17.8 Å². The van der Waals surface area contributed by atoms with E-state index in [0.29, 0.717) is 24.7 Å². The average Bonchev–Trinajstić information content (AvgIpc) is 3.03. The Morgan fingerprint density at radius 1 is 1.50 bits per heavy atom. The summed E-state index contributed by atoms with van der Waals surface area (Å²) in [6.07, 6.45) is 5.29. The second-order valence-electron chi connectivity index (χ2n) is 5.80. The highest BCUT2D eigenvalue weighted by atomic mass is 16.5. The summed E-state index contributed by atoms with van der Waals surface area (Å²) in [5, 5.41) is 11.0. The summed E-state index contributed by atoms with van der Waals surface area (Å²) in [5.74, 6) is 1.57. The van der Waals surface area contributed by atoms with E-state index in [1.165, 1.54) is 0 Å². The van der Waals surface area contributed by atoms with Crippen molar-refractivity contribution in [3.05, 3.63) is 30.5 Å². The van der Waals surface area contributed by atoms with Crippen molar-refractivity contribution in [2.24, 2.45) is 7.05 Å². The number of hydrogen-bond donors (Lipinski definition) is 1. The van der Waals surface area contributed by atoms with E-state index in [9.17, 15) is 4.79 Å². The maximum atomic E-state index is 12.6. The van der Waals surface area contributed by atoms with E-state index in [2.05, 4.69) is 20.5 Å². The lowest BCUT2D eigenvalue weighted by Crippen LogP contribution is -2.42. The normalized spacial score (nSPS) is 17.6. The van der Waals surface area contributed by atoms with Crippen LogP contribution in [0.1, 0.15) is 31.5 Å². The number of urea groups is 1. The molecular formula is C16H22N6O2. The van der Waals surface area contributed by atoms with E-state index in [1.807, 2.05) is 23.4 Å². The zero-order chi connectivity index (χ0) is 16.9. The molecule has 3 rings (SSSR count). The third-order valence-corrected chi connectivity index (χ3v) is 4.11. The summed E-state index contributed by atoms with van der Waals surface area (Å²) in [6, 6.07) is 3.42. The SMILES string of the molecule is CCOc1ncccc1NC(=O)N1CCC[C@@H](c2nncn2C)C1. The van der Waals surface area contributed by atoms with Crippen LogP contribution in [0.5, 0.6) is 5.88 Å². The molecule has 1 fully saturated rings. The Labute approximate surface area is 140 Å². The number of nitrogens with zero attached hydrogens (tertiary/aromatic N) is 5. The van der Waals surface area contributed by atoms with Crippen molar-refractivity contribution in [3.8, 4) is 5.88 Å². The van der Waals surface area contributed by atoms with Crippen molar-refractivity contribution >= 4 is 11.7 Å². The van der Waals surface area contributed by atoms with Gasteiger partial charge in [-0.05, 0) is 31.9 Å². The van der Waals surface area contributed by atoms with Crippen molar-refractivity contribution in [1.29, 1.82) is 0 Å². The molecule has 2 aromatic heterocycles. The van der Waals surface area contributed by atoms with E-state index in [1.54, 1.807) is 24.7 Å². The number of rotatable bonds is 4. The first-order valence-electron chi connectivity index (χ1n) is 8.16. The minimum Gasteiger partial charge on any atom is -0.476 e. The number of aryl methyl sites for hydroxylation is 1. The Kier molecular flexibility index (Phi) is 4.93. The second kappa shape index (κ2) is 7.29. The lowest BCUT2D eigenvalue weighted by atomic mass is 9.97. The van der Waals surface area contributed by atoms with Crippen molar-refractivity contribution in [3.63, 3.8) is 0 Å². The highest BCUT2D eigenvalue weighted by molar-refractivity contribution is 5.90. The van der Waals surface area contributed by atoms with Gasteiger partial charge in [-0.2, -0.15) is 0 Å². The number of likely N-dealkylation sites (tertiary alicyclic amines) is 1. The van der Waals surface area contributed by atoms with E-state index in [4.69, 9.17) is 4.74 Å². The molecule has 0 aliphatic carbocycles. The van der Waals surface area contributed by atoms with E-state index in [0.717, 1.165) is 25.2 Å². The van der Waals surface area contributed by atoms with Crippen LogP contribution < -0.4 is 10.1 Å². The molecule has 8 heteroatoms. The van der Waals surface area contributed by atoms with Gasteiger partial charge in [-0.15, -0.1) is 10.2 Å². The summed E-state index contributed by atoms with van der Waals surface area (Å²) in [6.45, 7) is 3.74. The number of carbonyl (C=O) groups excluding carboxylic acids is 1. The van der Waals surface area contributed by atoms with Gasteiger partial charge in [0.25, 0.3) is 0 Å². The summed E-state index contributed by atoms with van der Waals surface area (Å²) >= 11 is 0. The van der Waals surface area contributed by atoms with Crippen LogP contribution in [0.2, 0.25) is 0 Å². The lowest BCUT2D eigenvalue weighted by Gasteiger charge is -2.32. The fourth-order valence-corrected chi connectivity index (χ4v) is 2.97. The van der Waals surface area contributed by atoms with Gasteiger partial charge in [0, 0.05) is 32.3 Å². The molecule has 2 amide bonds. The molecule has 0 aromatic carbocycles. The predicted molar refractivity (Wildman–Crippen MR) is 89.0 cm³/mol. The third-order valence-electron chi connectivity index (χ3n) is 4.11. The maximum absolute atomic E-state index is 12.6. The Bertz CT molecular complexity index is 701. The minimum absolute atomic E-state index is 0.143. The minimum atomic E-state index is -0.143. The Morgan fingerprint density at radius 2 is 2.38 bits per heavy atom. The molecule has 128 valence electrons. The molecular weight excluding hydrogens is 308 g/mol. The lowest BCUT2D eigenvalue weighted by molar-refractivity contribution is 0.190. The first-order valence-corrected chi connectivity index (χ1v) is 8.16. The quantitative estimate of drug-likeness (QED) is 0.927. The van der Waals surface area contributed by atoms with Crippen molar-refractivity contribution < 1.29 is 9.53 Å². The number of pyridine rings is 1. The average molecular weight is 330 g/mol. The molecule has 2 aromatic rings. The molecule has 0 radical (unpaired) electrons. The molecule has 0 spiro atoms. The summed E-state index contributed by atoms with van der Waals surface area (Å²) < 4.78 is 7.37. The summed E-state index contributed by atoms with van der Waals surface area (Å²) in [5.41, 5.74) is 0.588. The first kappa shape index (κ1) is 16.2. The largest absolute Gasteiger partial charge is 0.476 e. The maximum Gasteiger partial charge on any atom is 0.322 e. The zero-order valence-corrected chi connectivity index (χ0v) is 14.0. The van der Waals surface area contributed by atoms with Crippen LogP contribution in [0.15, 0.2) is 24.7 Å². The number of nitrogens with one attached hydrogen (secondary N) is 1. The molecule has 0 bridgehead atoms. The van der Waals surface area contributed by atoms with Crippen molar-refractivity contribution in [2.75, 3.05) is 25.0 Å². The number of amides is 2. The summed E-state index contributed by atoms with van der Waals surface area (Å²) in [7, 11) is 1.93. The molecule has 8 nitrogen and oxygen atoms in total. The highest BCUT2D eigenvalue weighted by Crippen LogP contribution is 2.26. The van der Waals surface area contributed by atoms with Crippen LogP contribution in [0.3, 0.4) is 0 Å². The molecule has 1 aliphatic heterocycles. The van der Waals surface area contributed by atoms with E-state index in [-0.39, 0.29) is 11.9 Å². The Balaban J connectivity index is 1.68. The summed E-state index contributed by atoms with van der Waals surface area (Å²) in [4.78, 5) is 18.6. The molecule has 3 heterocycles. The Hall–Kier alpha value is -2.64. The van der Waals surface area contributed by atoms with E-state index < -0.39 is 0 Å². The molecule has 0 saturated carbocycles. The molecule has 1 N–H and O–H groups in total. The Morgan fingerprint density at radius 3 is 3.12 bits per heavy atom. The van der Waals surface area contributed by atoms with Crippen LogP contribution in [0.25, 0.3) is 0 Å². The fourth-order valence-electron chi connectivity index (χ4n) is 2.97. The van der Waals surface area contributed by atoms with Crippen LogP contribution >= 0.6 is 0 Å². The van der Waals surface area contributed by atoms with Crippen LogP contribution in [-0.2, 0) is 7.05 Å². The fraction of sp³-hybridized carbons (Fsp3) is 0.500. The van der Waals surface area contributed by atoms with Gasteiger partial charge in [0.05, 0.1) is 6.61 Å². The molecule has 24 heavy (non-hydrogen) atoms. The monoisotopic (exact) mass is 330 g/mol. The first-order chi connectivity index (χ1) is 11.7. The second-order valence-corrected chi connectivity index (χ2v) is 5.80. The van der Waals surface area contributed by atoms with Crippen LogP contribution in [0.4, 0.5) is 10.5 Å². The van der Waals surface area contributed by atoms with E-state index >= 15 is 0 Å². The smallest absolute Gasteiger partial charge is 0.322 e. The number of ether oxygens (including phenoxy) is 1. The predicted octanol–water partition coefficient (Wildman–Crippen LogP) is 2.02. The van der Waals surface area contributed by atoms with Gasteiger partial charge in [-0.3, -0.25) is 0 Å². The zero-order valence-electron chi connectivity index (χ0n) is 14.0. The number of carbonyl (C=O) groups is 1. The van der Waals surface area contributed by atoms with Crippen molar-refractivity contribution in [1.82, 2.24) is 24.6 Å². The number of anilines is 1. The number of hydrogen-bond acceptors (Lipinski definition) is 5. The highest BCUT2D eigenvalue weighted by Gasteiger charge is 2.27. The van der Waals surface area contributed by atoms with Crippen LogP contribution in [-0.4, -0.2) is 50.4 Å². The van der Waals surface area contributed by atoms with Gasteiger partial charge >= 0.3 is 6.03 Å². The van der Waals surface area contributed by atoms with Crippen molar-refractivity contribution in [2.45, 2.75) is 25.7 Å². The molecule has 1 atom stereocenters. The molecule has 1 aliphatic rings. The standard InChI is InChI=1S/C16H22N6O2/c1-3-24-15-13(7-4-8-17-15)19-16(23)22-9-5-6-12(10-22)14-20-18-11-21(14)2/h4,7-8,11-12H,3,5-6,9-10H2,1-2H3,(H,19,23)/t12-/m1/s1. The van der Waals surface area contributed by atoms with Gasteiger partial charge in [0.15, 0.2) is 0 Å².